The van der Waals surface area contributed by atoms with Crippen LogP contribution in [0.1, 0.15) is 0 Å². The van der Waals surface area contributed by atoms with E-state index in [0.29, 0.717) is 0 Å². The van der Waals surface area contributed by atoms with Crippen LogP contribution in [0.15, 0.2) is 34.7 Å². The van der Waals surface area contributed by atoms with E-state index in [1.54, 1.807) is 0 Å². The van der Waals surface area contributed by atoms with Crippen LogP contribution in [0.25, 0.3) is 11.0 Å². The molecule has 2 heteroatoms. The number of benzene rings is 1. The molecule has 1 aromatic heterocycles. The standard InChI is InChI=1S/C8H5O.Ti/c1-2-4-8-7(3-1)5-6-9-8;/h1-5H;/q-1;. The van der Waals surface area contributed by atoms with Gasteiger partial charge in [-0.2, -0.15) is 0 Å². The fourth-order valence-electron chi connectivity index (χ4n) is 0.849. The van der Waals surface area contributed by atoms with Gasteiger partial charge in [-0.3, -0.25) is 0 Å². The summed E-state index contributed by atoms with van der Waals surface area (Å²) in [6.45, 7) is 0. The monoisotopic (exact) mass is 165 g/mol. The SMILES string of the molecule is [Ti].[c-]1cc2ccccc2o1. The number of furan rings is 1. The molecule has 1 nitrogen and oxygen atoms in total. The van der Waals surface area contributed by atoms with Crippen molar-refractivity contribution in [2.45, 2.75) is 0 Å². The van der Waals surface area contributed by atoms with E-state index in [9.17, 15) is 0 Å². The maximum Gasteiger partial charge on any atom is 0 e. The minimum atomic E-state index is 0. The Morgan fingerprint density at radius 1 is 1.20 bits per heavy atom. The van der Waals surface area contributed by atoms with Crippen molar-refractivity contribution in [2.24, 2.45) is 0 Å². The van der Waals surface area contributed by atoms with Crippen LogP contribution in [0.3, 0.4) is 0 Å². The molecule has 0 saturated carbocycles. The van der Waals surface area contributed by atoms with Gasteiger partial charge in [-0.1, -0.05) is 18.2 Å². The van der Waals surface area contributed by atoms with Gasteiger partial charge in [0, 0.05) is 21.7 Å². The quantitative estimate of drug-likeness (QED) is 0.430. The van der Waals surface area contributed by atoms with Crippen LogP contribution in [-0.4, -0.2) is 0 Å². The van der Waals surface area contributed by atoms with Gasteiger partial charge in [0.05, 0.1) is 0 Å². The number of rotatable bonds is 0. The Kier molecular flexibility index (Phi) is 2.31. The Morgan fingerprint density at radius 3 is 2.80 bits per heavy atom. The maximum atomic E-state index is 4.99. The fraction of sp³-hybridized carbons (Fsp3) is 0. The molecule has 10 heavy (non-hydrogen) atoms. The Labute approximate surface area is 73.9 Å². The zero-order valence-electron chi connectivity index (χ0n) is 5.29. The van der Waals surface area contributed by atoms with Crippen molar-refractivity contribution in [3.8, 4) is 0 Å². The molecule has 0 N–H and O–H groups in total. The average molecular weight is 165 g/mol. The number of para-hydroxylation sites is 1. The second kappa shape index (κ2) is 3.04. The van der Waals surface area contributed by atoms with Crippen molar-refractivity contribution in [2.75, 3.05) is 0 Å². The molecule has 0 amide bonds. The van der Waals surface area contributed by atoms with Gasteiger partial charge >= 0.3 is 0 Å². The van der Waals surface area contributed by atoms with Gasteiger partial charge in [-0.05, 0) is 11.8 Å². The summed E-state index contributed by atoms with van der Waals surface area (Å²) in [7, 11) is 0. The smallest absolute Gasteiger partial charge is 0 e. The topological polar surface area (TPSA) is 13.1 Å². The molecule has 0 spiro atoms. The molecule has 0 saturated heterocycles. The summed E-state index contributed by atoms with van der Waals surface area (Å²) < 4.78 is 4.99. The van der Waals surface area contributed by atoms with E-state index in [4.69, 9.17) is 4.42 Å². The summed E-state index contributed by atoms with van der Waals surface area (Å²) in [5, 5.41) is 1.11. The third-order valence-electron chi connectivity index (χ3n) is 1.30. The molecule has 0 aliphatic heterocycles. The summed E-state index contributed by atoms with van der Waals surface area (Å²) >= 11 is 0. The Hall–Kier alpha value is -0.526. The minimum Gasteiger partial charge on any atom is -0.591 e. The van der Waals surface area contributed by atoms with Gasteiger partial charge in [0.2, 0.25) is 0 Å². The Bertz CT molecular complexity index is 283. The van der Waals surface area contributed by atoms with Crippen LogP contribution in [0.2, 0.25) is 0 Å². The third-order valence-corrected chi connectivity index (χ3v) is 1.30. The molecule has 2 aromatic rings. The third kappa shape index (κ3) is 1.15. The first-order valence-corrected chi connectivity index (χ1v) is 2.81. The summed E-state index contributed by atoms with van der Waals surface area (Å²) in [5.74, 6) is 0. The molecule has 0 atom stereocenters. The van der Waals surface area contributed by atoms with Gasteiger partial charge in [0.1, 0.15) is 0 Å². The molecule has 0 unspecified atom stereocenters. The number of fused-ring (bicyclic) bond motifs is 1. The van der Waals surface area contributed by atoms with Gasteiger partial charge in [0.25, 0.3) is 0 Å². The van der Waals surface area contributed by atoms with Gasteiger partial charge in [-0.25, -0.2) is 0 Å². The van der Waals surface area contributed by atoms with E-state index in [2.05, 4.69) is 6.26 Å². The molecular formula is C8H5OTi-. The predicted molar refractivity (Wildman–Crippen MR) is 35.1 cm³/mol. The molecule has 0 bridgehead atoms. The normalized spacial score (nSPS) is 9.20. The molecule has 0 aliphatic carbocycles. The van der Waals surface area contributed by atoms with Crippen molar-refractivity contribution in [1.82, 2.24) is 0 Å². The summed E-state index contributed by atoms with van der Waals surface area (Å²) in [6.07, 6.45) is 2.66. The van der Waals surface area contributed by atoms with E-state index < -0.39 is 0 Å². The van der Waals surface area contributed by atoms with Crippen molar-refractivity contribution < 1.29 is 26.1 Å². The second-order valence-corrected chi connectivity index (χ2v) is 1.90. The molecule has 0 radical (unpaired) electrons. The molecule has 0 aliphatic rings. The van der Waals surface area contributed by atoms with Crippen molar-refractivity contribution in [1.29, 1.82) is 0 Å². The first-order valence-electron chi connectivity index (χ1n) is 2.81. The van der Waals surface area contributed by atoms with E-state index >= 15 is 0 Å². The minimum absolute atomic E-state index is 0. The van der Waals surface area contributed by atoms with Gasteiger partial charge in [-0.15, -0.1) is 17.5 Å². The Morgan fingerprint density at radius 2 is 2.00 bits per heavy atom. The zero-order valence-corrected chi connectivity index (χ0v) is 6.86. The Balaban J connectivity index is 0.000000500. The molecule has 2 rings (SSSR count). The molecular weight excluding hydrogens is 160 g/mol. The largest absolute Gasteiger partial charge is 0.591 e. The van der Waals surface area contributed by atoms with Gasteiger partial charge < -0.3 is 4.42 Å². The van der Waals surface area contributed by atoms with Crippen LogP contribution in [-0.2, 0) is 21.7 Å². The second-order valence-electron chi connectivity index (χ2n) is 1.90. The summed E-state index contributed by atoms with van der Waals surface area (Å²) in [4.78, 5) is 0. The molecule has 1 aromatic carbocycles. The molecule has 1 heterocycles. The number of hydrogen-bond donors (Lipinski definition) is 0. The average Bonchev–Trinajstić information content (AvgIpc) is 2.33. The van der Waals surface area contributed by atoms with Gasteiger partial charge in [0.15, 0.2) is 0 Å². The van der Waals surface area contributed by atoms with Crippen LogP contribution >= 0.6 is 0 Å². The number of hydrogen-bond acceptors (Lipinski definition) is 1. The van der Waals surface area contributed by atoms with Crippen LogP contribution < -0.4 is 0 Å². The summed E-state index contributed by atoms with van der Waals surface area (Å²) in [5.41, 5.74) is 0.900. The molecule has 48 valence electrons. The van der Waals surface area contributed by atoms with Crippen LogP contribution in [0.4, 0.5) is 0 Å². The van der Waals surface area contributed by atoms with Crippen molar-refractivity contribution >= 4 is 11.0 Å². The van der Waals surface area contributed by atoms with Crippen LogP contribution in [0, 0.1) is 6.26 Å². The first-order chi connectivity index (χ1) is 4.47. The van der Waals surface area contributed by atoms with Crippen LogP contribution in [0.5, 0.6) is 0 Å². The first kappa shape index (κ1) is 7.58. The van der Waals surface area contributed by atoms with Crippen molar-refractivity contribution in [3.63, 3.8) is 0 Å². The zero-order chi connectivity index (χ0) is 6.10. The van der Waals surface area contributed by atoms with E-state index in [1.807, 2.05) is 30.3 Å². The molecule has 0 fully saturated rings. The van der Waals surface area contributed by atoms with Crippen molar-refractivity contribution in [3.05, 3.63) is 36.6 Å². The fourth-order valence-corrected chi connectivity index (χ4v) is 0.849. The summed E-state index contributed by atoms with van der Waals surface area (Å²) in [6, 6.07) is 9.67. The maximum absolute atomic E-state index is 4.99. The van der Waals surface area contributed by atoms with E-state index in [-0.39, 0.29) is 21.7 Å². The predicted octanol–water partition coefficient (Wildman–Crippen LogP) is 2.23. The van der Waals surface area contributed by atoms with E-state index in [1.165, 1.54) is 0 Å². The van der Waals surface area contributed by atoms with E-state index in [0.717, 1.165) is 11.0 Å².